The third-order valence-electron chi connectivity index (χ3n) is 4.46. The number of piperazine rings is 1. The molecule has 3 aromatic rings. The van der Waals surface area contributed by atoms with Gasteiger partial charge in [0.2, 0.25) is 0 Å². The number of H-pyrrole nitrogens is 1. The number of rotatable bonds is 3. The van der Waals surface area contributed by atoms with Gasteiger partial charge in [0.1, 0.15) is 0 Å². The van der Waals surface area contributed by atoms with Crippen molar-refractivity contribution in [3.8, 4) is 0 Å². The molecule has 122 valence electrons. The van der Waals surface area contributed by atoms with Crippen molar-refractivity contribution < 1.29 is 4.79 Å². The van der Waals surface area contributed by atoms with Gasteiger partial charge in [-0.15, -0.1) is 0 Å². The van der Waals surface area contributed by atoms with Crippen LogP contribution in [0.4, 0.5) is 0 Å². The third kappa shape index (κ3) is 2.88. The molecule has 1 aliphatic heterocycles. The minimum absolute atomic E-state index is 0.00785. The van der Waals surface area contributed by atoms with E-state index in [9.17, 15) is 4.79 Å². The summed E-state index contributed by atoms with van der Waals surface area (Å²) in [5.41, 5.74) is 2.62. The van der Waals surface area contributed by atoms with E-state index in [0.29, 0.717) is 5.69 Å². The van der Waals surface area contributed by atoms with Gasteiger partial charge in [0, 0.05) is 50.5 Å². The average Bonchev–Trinajstić information content (AvgIpc) is 3.07. The van der Waals surface area contributed by atoms with Gasteiger partial charge in [0.15, 0.2) is 5.69 Å². The zero-order chi connectivity index (χ0) is 16.4. The van der Waals surface area contributed by atoms with Crippen molar-refractivity contribution >= 4 is 16.8 Å². The van der Waals surface area contributed by atoms with E-state index in [0.717, 1.165) is 43.6 Å². The second-order valence-corrected chi connectivity index (χ2v) is 6.05. The van der Waals surface area contributed by atoms with E-state index >= 15 is 0 Å². The van der Waals surface area contributed by atoms with Gasteiger partial charge >= 0.3 is 0 Å². The summed E-state index contributed by atoms with van der Waals surface area (Å²) in [6.07, 6.45) is 3.68. The summed E-state index contributed by atoms with van der Waals surface area (Å²) >= 11 is 0. The first-order valence-electron chi connectivity index (χ1n) is 8.15. The Labute approximate surface area is 140 Å². The van der Waals surface area contributed by atoms with Crippen LogP contribution < -0.4 is 0 Å². The number of nitrogens with zero attached hydrogens (tertiary/aromatic N) is 4. The third-order valence-corrected chi connectivity index (χ3v) is 4.46. The number of pyridine rings is 1. The molecule has 0 radical (unpaired) electrons. The van der Waals surface area contributed by atoms with Crippen molar-refractivity contribution in [1.82, 2.24) is 25.0 Å². The second-order valence-electron chi connectivity index (χ2n) is 6.05. The maximum atomic E-state index is 12.8. The Balaban J connectivity index is 1.41. The van der Waals surface area contributed by atoms with Crippen LogP contribution in [-0.4, -0.2) is 57.1 Å². The lowest BCUT2D eigenvalue weighted by Gasteiger charge is -2.34. The van der Waals surface area contributed by atoms with Gasteiger partial charge in [-0.1, -0.05) is 24.3 Å². The Morgan fingerprint density at radius 2 is 1.92 bits per heavy atom. The summed E-state index contributed by atoms with van der Waals surface area (Å²) < 4.78 is 0. The molecule has 0 saturated carbocycles. The fourth-order valence-corrected chi connectivity index (χ4v) is 3.14. The summed E-state index contributed by atoms with van der Waals surface area (Å²) in [5, 5.41) is 8.04. The van der Waals surface area contributed by atoms with Crippen LogP contribution in [0.1, 0.15) is 16.1 Å². The molecule has 1 aliphatic rings. The number of aromatic nitrogens is 3. The van der Waals surface area contributed by atoms with E-state index in [1.807, 2.05) is 41.4 Å². The molecule has 1 N–H and O–H groups in total. The van der Waals surface area contributed by atoms with Crippen molar-refractivity contribution in [2.75, 3.05) is 26.2 Å². The van der Waals surface area contributed by atoms with Gasteiger partial charge in [-0.2, -0.15) is 5.10 Å². The highest BCUT2D eigenvalue weighted by Gasteiger charge is 2.25. The van der Waals surface area contributed by atoms with E-state index < -0.39 is 0 Å². The van der Waals surface area contributed by atoms with Gasteiger partial charge in [0.05, 0.1) is 5.52 Å². The van der Waals surface area contributed by atoms with Gasteiger partial charge < -0.3 is 4.90 Å². The maximum Gasteiger partial charge on any atom is 0.275 e. The number of para-hydroxylation sites is 1. The quantitative estimate of drug-likeness (QED) is 0.800. The standard InChI is InChI=1S/C18H19N5O/c24-18(17-15-5-1-2-6-16(15)20-21-17)23-10-8-22(9-11-23)13-14-4-3-7-19-12-14/h1-7,12H,8-11,13H2,(H,20,21). The number of hydrogen-bond acceptors (Lipinski definition) is 4. The summed E-state index contributed by atoms with van der Waals surface area (Å²) in [6.45, 7) is 4.05. The van der Waals surface area contributed by atoms with E-state index in [4.69, 9.17) is 0 Å². The summed E-state index contributed by atoms with van der Waals surface area (Å²) in [6, 6.07) is 11.8. The van der Waals surface area contributed by atoms with Gasteiger partial charge in [-0.25, -0.2) is 0 Å². The summed E-state index contributed by atoms with van der Waals surface area (Å²) in [5.74, 6) is 0.00785. The molecule has 4 rings (SSSR count). The van der Waals surface area contributed by atoms with Crippen LogP contribution in [0, 0.1) is 0 Å². The number of fused-ring (bicyclic) bond motifs is 1. The zero-order valence-corrected chi connectivity index (χ0v) is 13.4. The fraction of sp³-hybridized carbons (Fsp3) is 0.278. The molecule has 24 heavy (non-hydrogen) atoms. The molecule has 6 heteroatoms. The lowest BCUT2D eigenvalue weighted by atomic mass is 10.2. The topological polar surface area (TPSA) is 65.1 Å². The maximum absolute atomic E-state index is 12.8. The molecule has 1 fully saturated rings. The highest BCUT2D eigenvalue weighted by molar-refractivity contribution is 6.04. The Morgan fingerprint density at radius 3 is 2.71 bits per heavy atom. The Hall–Kier alpha value is -2.73. The van der Waals surface area contributed by atoms with Crippen LogP contribution >= 0.6 is 0 Å². The van der Waals surface area contributed by atoms with Crippen LogP contribution in [0.2, 0.25) is 0 Å². The Kier molecular flexibility index (Phi) is 3.96. The van der Waals surface area contributed by atoms with Crippen LogP contribution in [0.5, 0.6) is 0 Å². The minimum atomic E-state index is 0.00785. The van der Waals surface area contributed by atoms with E-state index in [1.54, 1.807) is 6.20 Å². The Bertz CT molecular complexity index is 837. The lowest BCUT2D eigenvalue weighted by Crippen LogP contribution is -2.48. The SMILES string of the molecule is O=C(c1n[nH]c2ccccc12)N1CCN(Cc2cccnc2)CC1. The van der Waals surface area contributed by atoms with E-state index in [2.05, 4.69) is 26.1 Å². The van der Waals surface area contributed by atoms with Crippen molar-refractivity contribution in [2.24, 2.45) is 0 Å². The van der Waals surface area contributed by atoms with Crippen LogP contribution in [0.15, 0.2) is 48.8 Å². The average molecular weight is 321 g/mol. The van der Waals surface area contributed by atoms with Crippen molar-refractivity contribution in [3.63, 3.8) is 0 Å². The smallest absolute Gasteiger partial charge is 0.275 e. The number of hydrogen-bond donors (Lipinski definition) is 1. The first-order chi connectivity index (χ1) is 11.8. The lowest BCUT2D eigenvalue weighted by molar-refractivity contribution is 0.0624. The van der Waals surface area contributed by atoms with Crippen molar-refractivity contribution in [2.45, 2.75) is 6.54 Å². The molecule has 0 spiro atoms. The molecule has 6 nitrogen and oxygen atoms in total. The first kappa shape index (κ1) is 14.8. The van der Waals surface area contributed by atoms with Crippen molar-refractivity contribution in [3.05, 3.63) is 60.0 Å². The number of nitrogens with one attached hydrogen (secondary N) is 1. The Morgan fingerprint density at radius 1 is 1.08 bits per heavy atom. The monoisotopic (exact) mass is 321 g/mol. The van der Waals surface area contributed by atoms with Gasteiger partial charge in [-0.3, -0.25) is 19.8 Å². The molecular formula is C18H19N5O. The van der Waals surface area contributed by atoms with Gasteiger partial charge in [-0.05, 0) is 17.7 Å². The number of aromatic amines is 1. The van der Waals surface area contributed by atoms with E-state index in [1.165, 1.54) is 5.56 Å². The number of amides is 1. The number of benzene rings is 1. The van der Waals surface area contributed by atoms with Crippen molar-refractivity contribution in [1.29, 1.82) is 0 Å². The normalized spacial score (nSPS) is 15.8. The molecule has 0 aliphatic carbocycles. The fourth-order valence-electron chi connectivity index (χ4n) is 3.14. The zero-order valence-electron chi connectivity index (χ0n) is 13.4. The summed E-state index contributed by atoms with van der Waals surface area (Å²) in [7, 11) is 0. The second kappa shape index (κ2) is 6.41. The van der Waals surface area contributed by atoms with E-state index in [-0.39, 0.29) is 5.91 Å². The molecule has 0 bridgehead atoms. The van der Waals surface area contributed by atoms with Crippen LogP contribution in [0.3, 0.4) is 0 Å². The number of carbonyl (C=O) groups is 1. The molecule has 1 saturated heterocycles. The minimum Gasteiger partial charge on any atom is -0.335 e. The molecule has 0 atom stereocenters. The van der Waals surface area contributed by atoms with Crippen LogP contribution in [0.25, 0.3) is 10.9 Å². The first-order valence-corrected chi connectivity index (χ1v) is 8.15. The molecule has 1 amide bonds. The number of carbonyl (C=O) groups excluding carboxylic acids is 1. The molecule has 1 aromatic carbocycles. The molecule has 3 heterocycles. The molecular weight excluding hydrogens is 302 g/mol. The predicted molar refractivity (Wildman–Crippen MR) is 91.5 cm³/mol. The highest BCUT2D eigenvalue weighted by atomic mass is 16.2. The molecule has 2 aromatic heterocycles. The molecule has 0 unspecified atom stereocenters. The highest BCUT2D eigenvalue weighted by Crippen LogP contribution is 2.18. The predicted octanol–water partition coefficient (Wildman–Crippen LogP) is 1.92. The largest absolute Gasteiger partial charge is 0.335 e. The van der Waals surface area contributed by atoms with Gasteiger partial charge in [0.25, 0.3) is 5.91 Å². The van der Waals surface area contributed by atoms with Crippen LogP contribution in [-0.2, 0) is 6.54 Å². The summed E-state index contributed by atoms with van der Waals surface area (Å²) in [4.78, 5) is 21.1.